The molecule has 1 aromatic heterocycles. The minimum absolute atomic E-state index is 0.0341. The molecule has 164 valence electrons. The molecule has 2 N–H and O–H groups in total. The number of hydrogen-bond donors (Lipinski definition) is 2. The van der Waals surface area contributed by atoms with Crippen molar-refractivity contribution in [2.75, 3.05) is 5.32 Å². The summed E-state index contributed by atoms with van der Waals surface area (Å²) >= 11 is 1.51. The monoisotopic (exact) mass is 437 g/mol. The molecule has 1 aromatic carbocycles. The summed E-state index contributed by atoms with van der Waals surface area (Å²) < 4.78 is 0. The van der Waals surface area contributed by atoms with Crippen LogP contribution in [0.25, 0.3) is 0 Å². The van der Waals surface area contributed by atoms with E-state index in [1.165, 1.54) is 28.9 Å². The maximum atomic E-state index is 12.6. The first kappa shape index (κ1) is 20.7. The summed E-state index contributed by atoms with van der Waals surface area (Å²) in [6.07, 6.45) is 8.47. The van der Waals surface area contributed by atoms with Gasteiger partial charge in [-0.05, 0) is 80.2 Å². The average molecular weight is 438 g/mol. The number of hydrogen-bond acceptors (Lipinski definition) is 5. The number of rotatable bonds is 4. The highest BCUT2D eigenvalue weighted by atomic mass is 32.1. The lowest BCUT2D eigenvalue weighted by Crippen LogP contribution is -2.44. The second-order valence-corrected chi connectivity index (χ2v) is 11.1. The molecule has 0 radical (unpaired) electrons. The molecule has 3 aliphatic carbocycles. The molecule has 5 atom stereocenters. The van der Waals surface area contributed by atoms with E-state index < -0.39 is 0 Å². The number of nitrogens with one attached hydrogen (secondary N) is 1. The molecule has 5 nitrogen and oxygen atoms in total. The molecule has 0 aliphatic heterocycles. The standard InChI is InChI=1S/C25H31N3O2S/c1-15-14-26-24(31-15)27-22(29)10-8-17-13-21(28-30)25(2)12-11-19-18-6-4-3-5-16(18)7-9-20(19)23(17)25/h3-6,14,17,19-20,23,30H,7-13H2,1-2H3,(H,26,27,29)/b28-21+/t17-,19?,20?,23?,25-/m1/s1. The van der Waals surface area contributed by atoms with Crippen molar-refractivity contribution in [2.45, 2.75) is 64.7 Å². The van der Waals surface area contributed by atoms with Crippen LogP contribution in [0.5, 0.6) is 0 Å². The van der Waals surface area contributed by atoms with Gasteiger partial charge in [0.05, 0.1) is 5.71 Å². The molecule has 1 amide bonds. The van der Waals surface area contributed by atoms with E-state index in [1.807, 2.05) is 6.92 Å². The highest BCUT2D eigenvalue weighted by Crippen LogP contribution is 2.62. The zero-order chi connectivity index (χ0) is 21.6. The molecule has 6 heteroatoms. The Kier molecular flexibility index (Phi) is 5.37. The molecule has 0 saturated heterocycles. The molecule has 2 saturated carbocycles. The maximum absolute atomic E-state index is 12.6. The van der Waals surface area contributed by atoms with Gasteiger partial charge in [0, 0.05) is 22.9 Å². The summed E-state index contributed by atoms with van der Waals surface area (Å²) in [5, 5.41) is 17.2. The number of carbonyl (C=O) groups is 1. The molecule has 0 bridgehead atoms. The van der Waals surface area contributed by atoms with E-state index in [2.05, 4.69) is 46.6 Å². The van der Waals surface area contributed by atoms with Gasteiger partial charge in [-0.1, -0.05) is 36.3 Å². The number of anilines is 1. The van der Waals surface area contributed by atoms with E-state index in [-0.39, 0.29) is 11.3 Å². The van der Waals surface area contributed by atoms with Crippen LogP contribution in [0.1, 0.15) is 67.4 Å². The molecule has 3 unspecified atom stereocenters. The van der Waals surface area contributed by atoms with Gasteiger partial charge < -0.3 is 10.5 Å². The van der Waals surface area contributed by atoms with Crippen molar-refractivity contribution < 1.29 is 10.0 Å². The summed E-state index contributed by atoms with van der Waals surface area (Å²) in [5.74, 6) is 2.09. The molecule has 0 spiro atoms. The fourth-order valence-corrected chi connectivity index (χ4v) is 7.61. The number of thiazole rings is 1. The second-order valence-electron chi connectivity index (χ2n) is 9.86. The van der Waals surface area contributed by atoms with Crippen LogP contribution in [0.15, 0.2) is 35.6 Å². The van der Waals surface area contributed by atoms with Crippen molar-refractivity contribution in [3.63, 3.8) is 0 Å². The van der Waals surface area contributed by atoms with Crippen LogP contribution in [0.2, 0.25) is 0 Å². The summed E-state index contributed by atoms with van der Waals surface area (Å²) in [7, 11) is 0. The number of aromatic nitrogens is 1. The minimum atomic E-state index is -0.0459. The van der Waals surface area contributed by atoms with Gasteiger partial charge in [0.15, 0.2) is 5.13 Å². The molecule has 31 heavy (non-hydrogen) atoms. The van der Waals surface area contributed by atoms with Gasteiger partial charge in [-0.2, -0.15) is 0 Å². The van der Waals surface area contributed by atoms with Crippen molar-refractivity contribution in [3.05, 3.63) is 46.5 Å². The molecule has 2 aromatic rings. The van der Waals surface area contributed by atoms with Crippen molar-refractivity contribution >= 4 is 28.1 Å². The highest BCUT2D eigenvalue weighted by molar-refractivity contribution is 7.15. The summed E-state index contributed by atoms with van der Waals surface area (Å²) in [4.78, 5) is 17.9. The van der Waals surface area contributed by atoms with Crippen molar-refractivity contribution in [1.29, 1.82) is 0 Å². The quantitative estimate of drug-likeness (QED) is 0.470. The van der Waals surface area contributed by atoms with Gasteiger partial charge in [0.25, 0.3) is 0 Å². The van der Waals surface area contributed by atoms with Gasteiger partial charge in [-0.3, -0.25) is 4.79 Å². The van der Waals surface area contributed by atoms with Gasteiger partial charge in [-0.15, -0.1) is 11.3 Å². The Bertz CT molecular complexity index is 1020. The summed E-state index contributed by atoms with van der Waals surface area (Å²) in [5.41, 5.74) is 3.95. The SMILES string of the molecule is Cc1cnc(NC(=O)CC[C@@H]2C/C(=N\O)[C@@]3(C)CCC4c5ccccc5CCC4C23)s1. The zero-order valence-corrected chi connectivity index (χ0v) is 19.1. The Labute approximate surface area is 188 Å². The third-order valence-corrected chi connectivity index (χ3v) is 9.07. The van der Waals surface area contributed by atoms with Crippen LogP contribution >= 0.6 is 11.3 Å². The molecular formula is C25H31N3O2S. The third kappa shape index (κ3) is 3.59. The Morgan fingerprint density at radius 1 is 1.35 bits per heavy atom. The summed E-state index contributed by atoms with van der Waals surface area (Å²) in [6, 6.07) is 8.94. The van der Waals surface area contributed by atoms with Gasteiger partial charge in [-0.25, -0.2) is 4.98 Å². The Balaban J connectivity index is 1.35. The second kappa shape index (κ2) is 8.05. The van der Waals surface area contributed by atoms with E-state index in [0.29, 0.717) is 35.2 Å². The fourth-order valence-electron chi connectivity index (χ4n) is 6.93. The first-order valence-electron chi connectivity index (χ1n) is 11.5. The van der Waals surface area contributed by atoms with Crippen LogP contribution in [0.3, 0.4) is 0 Å². The van der Waals surface area contributed by atoms with E-state index in [0.717, 1.165) is 42.7 Å². The number of aryl methyl sites for hydroxylation is 2. The Morgan fingerprint density at radius 2 is 2.19 bits per heavy atom. The lowest BCUT2D eigenvalue weighted by Gasteiger charge is -2.50. The van der Waals surface area contributed by atoms with Crippen LogP contribution in [-0.4, -0.2) is 21.8 Å². The first-order valence-corrected chi connectivity index (χ1v) is 12.3. The first-order chi connectivity index (χ1) is 15.0. The number of carbonyl (C=O) groups excluding carboxylic acids is 1. The predicted octanol–water partition coefficient (Wildman–Crippen LogP) is 5.78. The number of oxime groups is 1. The third-order valence-electron chi connectivity index (χ3n) is 8.24. The van der Waals surface area contributed by atoms with Crippen LogP contribution in [0, 0.1) is 30.1 Å². The van der Waals surface area contributed by atoms with E-state index in [1.54, 1.807) is 6.20 Å². The average Bonchev–Trinajstić information content (AvgIpc) is 3.31. The van der Waals surface area contributed by atoms with Gasteiger partial charge in [0.1, 0.15) is 0 Å². The van der Waals surface area contributed by atoms with Crippen LogP contribution in [0.4, 0.5) is 5.13 Å². The topological polar surface area (TPSA) is 74.6 Å². The minimum Gasteiger partial charge on any atom is -0.411 e. The fraction of sp³-hybridized carbons (Fsp3) is 0.560. The Morgan fingerprint density at radius 3 is 2.97 bits per heavy atom. The van der Waals surface area contributed by atoms with Crippen molar-refractivity contribution in [1.82, 2.24) is 4.98 Å². The number of amides is 1. The Hall–Kier alpha value is -2.21. The molecule has 3 aliphatic rings. The highest BCUT2D eigenvalue weighted by Gasteiger charge is 2.57. The van der Waals surface area contributed by atoms with Crippen molar-refractivity contribution in [3.8, 4) is 0 Å². The van der Waals surface area contributed by atoms with E-state index in [4.69, 9.17) is 0 Å². The zero-order valence-electron chi connectivity index (χ0n) is 18.3. The predicted molar refractivity (Wildman–Crippen MR) is 124 cm³/mol. The normalized spacial score (nSPS) is 32.9. The number of fused-ring (bicyclic) bond motifs is 5. The summed E-state index contributed by atoms with van der Waals surface area (Å²) in [6.45, 7) is 4.30. The van der Waals surface area contributed by atoms with E-state index in [9.17, 15) is 10.0 Å². The lowest BCUT2D eigenvalue weighted by molar-refractivity contribution is -0.116. The van der Waals surface area contributed by atoms with Crippen LogP contribution < -0.4 is 5.32 Å². The number of benzene rings is 1. The molecule has 1 heterocycles. The molecular weight excluding hydrogens is 406 g/mol. The van der Waals surface area contributed by atoms with Gasteiger partial charge >= 0.3 is 0 Å². The molecule has 5 rings (SSSR count). The maximum Gasteiger partial charge on any atom is 0.226 e. The largest absolute Gasteiger partial charge is 0.411 e. The van der Waals surface area contributed by atoms with Crippen molar-refractivity contribution in [2.24, 2.45) is 28.3 Å². The smallest absolute Gasteiger partial charge is 0.226 e. The lowest BCUT2D eigenvalue weighted by atomic mass is 9.54. The number of nitrogens with zero attached hydrogens (tertiary/aromatic N) is 2. The van der Waals surface area contributed by atoms with Gasteiger partial charge in [0.2, 0.25) is 5.91 Å². The van der Waals surface area contributed by atoms with E-state index >= 15 is 0 Å². The molecule has 2 fully saturated rings. The van der Waals surface area contributed by atoms with Crippen LogP contribution in [-0.2, 0) is 11.2 Å².